The van der Waals surface area contributed by atoms with E-state index < -0.39 is 17.4 Å². The van der Waals surface area contributed by atoms with E-state index in [2.05, 4.69) is 28.5 Å². The maximum absolute atomic E-state index is 13.3. The largest absolute Gasteiger partial charge is 0.361 e. The molecule has 2 bridgehead atoms. The summed E-state index contributed by atoms with van der Waals surface area (Å²) in [6.45, 7) is 1.69. The second-order valence-corrected chi connectivity index (χ2v) is 9.30. The smallest absolute Gasteiger partial charge is 0.230 e. The van der Waals surface area contributed by atoms with Gasteiger partial charge in [0.15, 0.2) is 0 Å². The summed E-state index contributed by atoms with van der Waals surface area (Å²) in [7, 11) is 0. The van der Waals surface area contributed by atoms with Gasteiger partial charge in [-0.1, -0.05) is 60.7 Å². The Kier molecular flexibility index (Phi) is 4.84. The summed E-state index contributed by atoms with van der Waals surface area (Å²) in [5.74, 6) is -0.951. The molecule has 2 aromatic carbocycles. The van der Waals surface area contributed by atoms with Crippen LogP contribution in [0.25, 0.3) is 10.9 Å². The topological polar surface area (TPSA) is 74.4 Å². The van der Waals surface area contributed by atoms with E-state index in [1.54, 1.807) is 0 Å². The van der Waals surface area contributed by atoms with Crippen LogP contribution in [0.4, 0.5) is 0 Å². The molecule has 4 heterocycles. The maximum atomic E-state index is 13.3. The van der Waals surface area contributed by atoms with Gasteiger partial charge in [-0.2, -0.15) is 0 Å². The second-order valence-electron chi connectivity index (χ2n) is 9.30. The molecule has 3 aliphatic rings. The third-order valence-electron chi connectivity index (χ3n) is 7.36. The predicted octanol–water partition coefficient (Wildman–Crippen LogP) is 2.85. The van der Waals surface area contributed by atoms with Crippen LogP contribution in [0.1, 0.15) is 11.1 Å². The molecule has 2 amide bonds. The molecular weight excluding hydrogens is 414 g/mol. The fourth-order valence-corrected chi connectivity index (χ4v) is 5.75. The van der Waals surface area contributed by atoms with E-state index in [1.165, 1.54) is 16.5 Å². The van der Waals surface area contributed by atoms with Gasteiger partial charge in [-0.25, -0.2) is 0 Å². The standard InChI is InChI=1S/C27H27N3O3/c31-25(28-14-11-19-16-29-21-9-5-4-8-20(19)21)23-22-10-13-27(33-22)17-30(26(32)24(23)27)15-12-18-6-2-1-3-7-18/h1-10,13,16,22-24,29H,11-12,14-15,17H2,(H,28,31)/t22-,23-,24+,27-/m0/s1. The van der Waals surface area contributed by atoms with E-state index in [1.807, 2.05) is 59.6 Å². The minimum absolute atomic E-state index is 0.0366. The molecule has 3 aromatic rings. The molecule has 168 valence electrons. The van der Waals surface area contributed by atoms with Gasteiger partial charge in [0.25, 0.3) is 0 Å². The summed E-state index contributed by atoms with van der Waals surface area (Å²) in [4.78, 5) is 31.7. The molecule has 1 aromatic heterocycles. The molecule has 6 heteroatoms. The molecule has 0 radical (unpaired) electrons. The van der Waals surface area contributed by atoms with Crippen LogP contribution in [0.15, 0.2) is 72.9 Å². The van der Waals surface area contributed by atoms with Gasteiger partial charge in [0, 0.05) is 30.2 Å². The van der Waals surface area contributed by atoms with E-state index in [-0.39, 0.29) is 17.9 Å². The molecule has 4 atom stereocenters. The molecule has 33 heavy (non-hydrogen) atoms. The van der Waals surface area contributed by atoms with Crippen molar-refractivity contribution >= 4 is 22.7 Å². The number of carbonyl (C=O) groups excluding carboxylic acids is 2. The van der Waals surface area contributed by atoms with Gasteiger partial charge in [-0.15, -0.1) is 0 Å². The van der Waals surface area contributed by atoms with Gasteiger partial charge < -0.3 is 19.9 Å². The number of fused-ring (bicyclic) bond motifs is 2. The summed E-state index contributed by atoms with van der Waals surface area (Å²) >= 11 is 0. The number of ether oxygens (including phenoxy) is 1. The summed E-state index contributed by atoms with van der Waals surface area (Å²) in [6, 6.07) is 18.3. The highest BCUT2D eigenvalue weighted by atomic mass is 16.5. The third kappa shape index (κ3) is 3.37. The molecule has 3 aliphatic heterocycles. The van der Waals surface area contributed by atoms with E-state index in [0.717, 1.165) is 18.4 Å². The Morgan fingerprint density at radius 1 is 1.12 bits per heavy atom. The Labute approximate surface area is 192 Å². The monoisotopic (exact) mass is 441 g/mol. The Bertz CT molecular complexity index is 1230. The van der Waals surface area contributed by atoms with Crippen LogP contribution in [0.3, 0.4) is 0 Å². The molecule has 0 aliphatic carbocycles. The fourth-order valence-electron chi connectivity index (χ4n) is 5.75. The van der Waals surface area contributed by atoms with Crippen molar-refractivity contribution in [2.45, 2.75) is 24.5 Å². The zero-order valence-corrected chi connectivity index (χ0v) is 18.4. The molecule has 6 nitrogen and oxygen atoms in total. The second kappa shape index (κ2) is 7.89. The van der Waals surface area contributed by atoms with Crippen molar-refractivity contribution in [1.82, 2.24) is 15.2 Å². The van der Waals surface area contributed by atoms with Crippen molar-refractivity contribution in [3.63, 3.8) is 0 Å². The van der Waals surface area contributed by atoms with Crippen molar-refractivity contribution in [1.29, 1.82) is 0 Å². The Morgan fingerprint density at radius 2 is 1.94 bits per heavy atom. The van der Waals surface area contributed by atoms with Crippen LogP contribution in [0.5, 0.6) is 0 Å². The van der Waals surface area contributed by atoms with Crippen LogP contribution in [0, 0.1) is 11.8 Å². The molecule has 0 unspecified atom stereocenters. The van der Waals surface area contributed by atoms with Gasteiger partial charge in [-0.3, -0.25) is 9.59 Å². The predicted molar refractivity (Wildman–Crippen MR) is 125 cm³/mol. The summed E-state index contributed by atoms with van der Waals surface area (Å²) < 4.78 is 6.24. The molecule has 1 spiro atoms. The number of para-hydroxylation sites is 1. The average molecular weight is 442 g/mol. The first-order valence-electron chi connectivity index (χ1n) is 11.7. The van der Waals surface area contributed by atoms with Crippen LogP contribution in [0.2, 0.25) is 0 Å². The van der Waals surface area contributed by atoms with Crippen molar-refractivity contribution in [2.75, 3.05) is 19.6 Å². The van der Waals surface area contributed by atoms with Crippen LogP contribution >= 0.6 is 0 Å². The van der Waals surface area contributed by atoms with Crippen LogP contribution < -0.4 is 5.32 Å². The first kappa shape index (κ1) is 20.2. The lowest BCUT2D eigenvalue weighted by Crippen LogP contribution is -2.44. The summed E-state index contributed by atoms with van der Waals surface area (Å²) in [5, 5.41) is 4.26. The van der Waals surface area contributed by atoms with Crippen molar-refractivity contribution in [2.24, 2.45) is 11.8 Å². The number of benzene rings is 2. The molecule has 0 saturated carbocycles. The van der Waals surface area contributed by atoms with Gasteiger partial charge in [0.05, 0.1) is 24.5 Å². The van der Waals surface area contributed by atoms with Gasteiger partial charge in [0.1, 0.15) is 5.60 Å². The maximum Gasteiger partial charge on any atom is 0.230 e. The third-order valence-corrected chi connectivity index (χ3v) is 7.36. The van der Waals surface area contributed by atoms with E-state index >= 15 is 0 Å². The minimum Gasteiger partial charge on any atom is -0.361 e. The highest BCUT2D eigenvalue weighted by Gasteiger charge is 2.66. The SMILES string of the molecule is O=C(NCCc1c[nH]c2ccccc12)[C@H]1[C@@H]2C=C[C@@]3(CN(CCc4ccccc4)C(=O)[C@@H]13)O2. The molecule has 6 rings (SSSR count). The zero-order chi connectivity index (χ0) is 22.4. The average Bonchev–Trinajstić information content (AvgIpc) is 3.58. The number of aromatic nitrogens is 1. The summed E-state index contributed by atoms with van der Waals surface area (Å²) in [5.41, 5.74) is 2.82. The van der Waals surface area contributed by atoms with Crippen LogP contribution in [-0.4, -0.2) is 53.0 Å². The number of aromatic amines is 1. The highest BCUT2D eigenvalue weighted by molar-refractivity contribution is 5.93. The molecular formula is C27H27N3O3. The van der Waals surface area contributed by atoms with Crippen molar-refractivity contribution in [3.05, 3.63) is 84.1 Å². The number of carbonyl (C=O) groups is 2. The van der Waals surface area contributed by atoms with Crippen molar-refractivity contribution < 1.29 is 14.3 Å². The van der Waals surface area contributed by atoms with E-state index in [4.69, 9.17) is 4.74 Å². The number of nitrogens with one attached hydrogen (secondary N) is 2. The van der Waals surface area contributed by atoms with Gasteiger partial charge >= 0.3 is 0 Å². The number of rotatable bonds is 7. The van der Waals surface area contributed by atoms with Gasteiger partial charge in [-0.05, 0) is 30.0 Å². The lowest BCUT2D eigenvalue weighted by molar-refractivity contribution is -0.137. The number of amides is 2. The van der Waals surface area contributed by atoms with Gasteiger partial charge in [0.2, 0.25) is 11.8 Å². The Balaban J connectivity index is 1.11. The zero-order valence-electron chi connectivity index (χ0n) is 18.4. The lowest BCUT2D eigenvalue weighted by Gasteiger charge is -2.23. The van der Waals surface area contributed by atoms with Crippen molar-refractivity contribution in [3.8, 4) is 0 Å². The Morgan fingerprint density at radius 3 is 2.82 bits per heavy atom. The van der Waals surface area contributed by atoms with E-state index in [9.17, 15) is 9.59 Å². The first-order chi connectivity index (χ1) is 16.1. The number of hydrogen-bond donors (Lipinski definition) is 2. The first-order valence-corrected chi connectivity index (χ1v) is 11.7. The Hall–Kier alpha value is -3.38. The fraction of sp³-hybridized carbons (Fsp3) is 0.333. The quantitative estimate of drug-likeness (QED) is 0.554. The summed E-state index contributed by atoms with van der Waals surface area (Å²) in [6.07, 6.45) is 7.19. The van der Waals surface area contributed by atoms with Crippen LogP contribution in [-0.2, 0) is 27.2 Å². The number of nitrogens with zero attached hydrogens (tertiary/aromatic N) is 1. The highest BCUT2D eigenvalue weighted by Crippen LogP contribution is 2.51. The van der Waals surface area contributed by atoms with E-state index in [0.29, 0.717) is 19.6 Å². The normalized spacial score (nSPS) is 27.5. The lowest BCUT2D eigenvalue weighted by atomic mass is 9.77. The minimum atomic E-state index is -0.655. The molecule has 2 fully saturated rings. The number of likely N-dealkylation sites (tertiary alicyclic amines) is 1. The molecule has 2 N–H and O–H groups in total. The molecule has 2 saturated heterocycles. The number of H-pyrrole nitrogens is 1. The number of hydrogen-bond acceptors (Lipinski definition) is 3.